The monoisotopic (exact) mass is 920 g/mol. The van der Waals surface area contributed by atoms with E-state index in [2.05, 4.69) is 45.5 Å². The SMILES string of the molecule is Nc1ncnc2c1c(-c1ccc(Oc3ccccc3)cc1)nn2C1CCCN(C2CCN(C(=O)N3CCN(CC4CCN(c5ccc6c(c5)CN(C5CCC(=O)NC5=O)C6=O)CC4)CC3)CC2)C1. The van der Waals surface area contributed by atoms with E-state index in [1.165, 1.54) is 6.33 Å². The molecule has 6 aliphatic heterocycles. The highest BCUT2D eigenvalue weighted by molar-refractivity contribution is 6.05. The number of anilines is 2. The summed E-state index contributed by atoms with van der Waals surface area (Å²) in [4.78, 5) is 73.6. The predicted octanol–water partition coefficient (Wildman–Crippen LogP) is 5.38. The Balaban J connectivity index is 0.636. The Labute approximate surface area is 396 Å². The lowest BCUT2D eigenvalue weighted by molar-refractivity contribution is -0.136. The molecule has 6 aliphatic rings. The number of nitrogens with zero attached hydrogens (tertiary/aromatic N) is 10. The number of nitrogens with one attached hydrogen (secondary N) is 1. The summed E-state index contributed by atoms with van der Waals surface area (Å²) < 4.78 is 8.12. The number of hydrogen-bond donors (Lipinski definition) is 2. The van der Waals surface area contributed by atoms with Gasteiger partial charge in [0.2, 0.25) is 11.8 Å². The van der Waals surface area contributed by atoms with Crippen molar-refractivity contribution in [2.75, 3.05) is 82.6 Å². The van der Waals surface area contributed by atoms with Crippen LogP contribution in [0.4, 0.5) is 16.3 Å². The maximum absolute atomic E-state index is 13.8. The van der Waals surface area contributed by atoms with Gasteiger partial charge in [-0.15, -0.1) is 0 Å². The standard InChI is InChI=1S/C51H60N12O5/c52-47-45-46(35-8-11-41(12-9-35)68-40-6-2-1-3-7-40)56-63(48(45)54-33-53-47)39-5-4-20-61(32-39)37-18-23-59(24-19-37)51(67)60-27-25-57(26-28-60)30-34-16-21-58(22-17-34)38-10-13-42-36(29-38)31-62(50(42)66)43-14-15-44(64)55-49(43)65/h1-3,6-13,29,33-34,37,39,43H,4-5,14-28,30-32H2,(H2,52,53,54)(H,55,64,65). The van der Waals surface area contributed by atoms with E-state index < -0.39 is 6.04 Å². The topological polar surface area (TPSA) is 179 Å². The summed E-state index contributed by atoms with van der Waals surface area (Å²) in [5.41, 5.74) is 11.7. The molecule has 5 fully saturated rings. The molecule has 68 heavy (non-hydrogen) atoms. The van der Waals surface area contributed by atoms with Crippen LogP contribution in [-0.4, -0.2) is 152 Å². The number of imide groups is 1. The largest absolute Gasteiger partial charge is 0.457 e. The van der Waals surface area contributed by atoms with Gasteiger partial charge in [-0.2, -0.15) is 5.10 Å². The molecule has 2 atom stereocenters. The van der Waals surface area contributed by atoms with Crippen LogP contribution >= 0.6 is 0 Å². The number of carbonyl (C=O) groups excluding carboxylic acids is 4. The summed E-state index contributed by atoms with van der Waals surface area (Å²) in [5, 5.41) is 8.34. The Hall–Kier alpha value is -6.59. The van der Waals surface area contributed by atoms with Crippen molar-refractivity contribution in [2.45, 2.75) is 76.0 Å². The molecule has 0 saturated carbocycles. The fraction of sp³-hybridized carbons (Fsp3) is 0.471. The average Bonchev–Trinajstić information content (AvgIpc) is 3.93. The molecule has 0 aliphatic carbocycles. The van der Waals surface area contributed by atoms with Gasteiger partial charge in [-0.1, -0.05) is 18.2 Å². The lowest BCUT2D eigenvalue weighted by Crippen LogP contribution is -2.56. The third-order valence-corrected chi connectivity index (χ3v) is 15.3. The number of para-hydroxylation sites is 1. The molecule has 0 spiro atoms. The molecular weight excluding hydrogens is 861 g/mol. The highest BCUT2D eigenvalue weighted by Crippen LogP contribution is 2.37. The van der Waals surface area contributed by atoms with Crippen LogP contribution in [0.5, 0.6) is 11.5 Å². The van der Waals surface area contributed by atoms with Crippen LogP contribution < -0.4 is 20.7 Å². The normalized spacial score (nSPS) is 22.5. The molecule has 2 unspecified atom stereocenters. The number of ether oxygens (including phenoxy) is 1. The summed E-state index contributed by atoms with van der Waals surface area (Å²) in [6, 6.07) is 23.8. The maximum Gasteiger partial charge on any atom is 0.320 e. The molecule has 2 aromatic heterocycles. The van der Waals surface area contributed by atoms with Crippen LogP contribution in [0.1, 0.15) is 73.3 Å². The van der Waals surface area contributed by atoms with Gasteiger partial charge in [0.15, 0.2) is 5.65 Å². The molecule has 17 heteroatoms. The van der Waals surface area contributed by atoms with Crippen LogP contribution in [0.2, 0.25) is 0 Å². The molecule has 8 heterocycles. The van der Waals surface area contributed by atoms with E-state index in [0.29, 0.717) is 36.3 Å². The summed E-state index contributed by atoms with van der Waals surface area (Å²) in [6.07, 6.45) is 8.30. The van der Waals surface area contributed by atoms with Gasteiger partial charge < -0.3 is 30.1 Å². The molecule has 5 aromatic rings. The minimum absolute atomic E-state index is 0.137. The lowest BCUT2D eigenvalue weighted by Gasteiger charge is -2.44. The molecule has 5 amide bonds. The van der Waals surface area contributed by atoms with Crippen molar-refractivity contribution in [3.05, 3.63) is 90.3 Å². The number of piperidine rings is 4. The fourth-order valence-electron chi connectivity index (χ4n) is 11.5. The van der Waals surface area contributed by atoms with Crippen molar-refractivity contribution >= 4 is 46.3 Å². The number of aromatic nitrogens is 4. The van der Waals surface area contributed by atoms with E-state index in [9.17, 15) is 19.2 Å². The van der Waals surface area contributed by atoms with E-state index >= 15 is 0 Å². The zero-order valence-electron chi connectivity index (χ0n) is 38.5. The van der Waals surface area contributed by atoms with Crippen molar-refractivity contribution in [3.8, 4) is 22.8 Å². The van der Waals surface area contributed by atoms with Crippen LogP contribution in [0.3, 0.4) is 0 Å². The summed E-state index contributed by atoms with van der Waals surface area (Å²) >= 11 is 0. The van der Waals surface area contributed by atoms with Gasteiger partial charge in [-0.25, -0.2) is 19.4 Å². The Morgan fingerprint density at radius 1 is 0.765 bits per heavy atom. The minimum Gasteiger partial charge on any atom is -0.457 e. The molecule has 354 valence electrons. The van der Waals surface area contributed by atoms with Crippen molar-refractivity contribution in [1.82, 2.24) is 49.6 Å². The first-order chi connectivity index (χ1) is 33.2. The minimum atomic E-state index is -0.604. The molecule has 3 aromatic carbocycles. The molecule has 3 N–H and O–H groups in total. The number of benzene rings is 3. The van der Waals surface area contributed by atoms with E-state index in [-0.39, 0.29) is 36.2 Å². The van der Waals surface area contributed by atoms with E-state index in [0.717, 1.165) is 156 Å². The molecule has 17 nitrogen and oxygen atoms in total. The van der Waals surface area contributed by atoms with E-state index in [1.807, 2.05) is 66.7 Å². The van der Waals surface area contributed by atoms with Crippen LogP contribution in [0, 0.1) is 5.92 Å². The first-order valence-corrected chi connectivity index (χ1v) is 24.6. The average molecular weight is 921 g/mol. The zero-order valence-corrected chi connectivity index (χ0v) is 38.5. The van der Waals surface area contributed by atoms with Gasteiger partial charge in [0.05, 0.1) is 11.4 Å². The Bertz CT molecular complexity index is 2670. The summed E-state index contributed by atoms with van der Waals surface area (Å²) in [6.45, 7) is 10.1. The summed E-state index contributed by atoms with van der Waals surface area (Å²) in [5.74, 6) is 1.74. The second-order valence-corrected chi connectivity index (χ2v) is 19.4. The fourth-order valence-corrected chi connectivity index (χ4v) is 11.5. The number of nitrogen functional groups attached to an aromatic ring is 1. The Morgan fingerprint density at radius 2 is 1.51 bits per heavy atom. The highest BCUT2D eigenvalue weighted by atomic mass is 16.5. The molecule has 0 bridgehead atoms. The van der Waals surface area contributed by atoms with E-state index in [1.54, 1.807) is 4.90 Å². The number of urea groups is 1. The van der Waals surface area contributed by atoms with Gasteiger partial charge in [0, 0.05) is 101 Å². The number of likely N-dealkylation sites (tertiary alicyclic amines) is 2. The van der Waals surface area contributed by atoms with Crippen molar-refractivity contribution in [3.63, 3.8) is 0 Å². The van der Waals surface area contributed by atoms with Gasteiger partial charge in [-0.3, -0.25) is 29.5 Å². The number of nitrogens with two attached hydrogens (primary N) is 1. The van der Waals surface area contributed by atoms with Crippen LogP contribution in [-0.2, 0) is 16.1 Å². The third kappa shape index (κ3) is 8.84. The van der Waals surface area contributed by atoms with Gasteiger partial charge in [0.1, 0.15) is 35.4 Å². The second-order valence-electron chi connectivity index (χ2n) is 19.4. The van der Waals surface area contributed by atoms with Crippen molar-refractivity contribution < 1.29 is 23.9 Å². The first-order valence-electron chi connectivity index (χ1n) is 24.6. The maximum atomic E-state index is 13.8. The number of fused-ring (bicyclic) bond motifs is 2. The van der Waals surface area contributed by atoms with E-state index in [4.69, 9.17) is 20.6 Å². The van der Waals surface area contributed by atoms with Gasteiger partial charge in [0.25, 0.3) is 5.91 Å². The van der Waals surface area contributed by atoms with Gasteiger partial charge >= 0.3 is 6.03 Å². The Kier molecular flexibility index (Phi) is 12.2. The first kappa shape index (κ1) is 43.9. The van der Waals surface area contributed by atoms with Gasteiger partial charge in [-0.05, 0) is 118 Å². The second kappa shape index (κ2) is 18.8. The highest BCUT2D eigenvalue weighted by Gasteiger charge is 2.40. The van der Waals surface area contributed by atoms with Crippen LogP contribution in [0.15, 0.2) is 79.1 Å². The molecule has 5 saturated heterocycles. The zero-order chi connectivity index (χ0) is 46.3. The quantitative estimate of drug-likeness (QED) is 0.181. The lowest BCUT2D eigenvalue weighted by atomic mass is 9.95. The van der Waals surface area contributed by atoms with Crippen molar-refractivity contribution in [1.29, 1.82) is 0 Å². The molecular formula is C51H60N12O5. The number of amides is 5. The number of rotatable bonds is 9. The third-order valence-electron chi connectivity index (χ3n) is 15.3. The number of piperazine rings is 1. The van der Waals surface area contributed by atoms with Crippen LogP contribution in [0.25, 0.3) is 22.3 Å². The number of carbonyl (C=O) groups is 4. The number of hydrogen-bond acceptors (Lipinski definition) is 12. The molecule has 11 rings (SSSR count). The summed E-state index contributed by atoms with van der Waals surface area (Å²) in [7, 11) is 0. The van der Waals surface area contributed by atoms with Crippen molar-refractivity contribution in [2.24, 2.45) is 5.92 Å². The smallest absolute Gasteiger partial charge is 0.320 e. The Morgan fingerprint density at radius 3 is 2.28 bits per heavy atom. The predicted molar refractivity (Wildman–Crippen MR) is 257 cm³/mol. The molecule has 0 radical (unpaired) electrons.